The van der Waals surface area contributed by atoms with Gasteiger partial charge in [0.05, 0.1) is 12.5 Å². The molecule has 0 radical (unpaired) electrons. The minimum absolute atomic E-state index is 0.00815. The highest BCUT2D eigenvalue weighted by Gasteiger charge is 2.15. The Morgan fingerprint density at radius 2 is 2.21 bits per heavy atom. The lowest BCUT2D eigenvalue weighted by Gasteiger charge is -2.15. The van der Waals surface area contributed by atoms with Crippen molar-refractivity contribution in [2.75, 3.05) is 14.1 Å². The first-order chi connectivity index (χ1) is 6.43. The molecule has 0 aliphatic carbocycles. The van der Waals surface area contributed by atoms with E-state index >= 15 is 0 Å². The van der Waals surface area contributed by atoms with E-state index in [1.807, 2.05) is 21.0 Å². The largest absolute Gasteiger partial charge is 0.392 e. The zero-order chi connectivity index (χ0) is 11.1. The third kappa shape index (κ3) is 6.42. The predicted octanol–water partition coefficient (Wildman–Crippen LogP) is -0.204. The number of amides is 1. The van der Waals surface area contributed by atoms with Gasteiger partial charge in [-0.2, -0.15) is 5.10 Å². The first-order valence-corrected chi connectivity index (χ1v) is 4.59. The maximum atomic E-state index is 10.5. The summed E-state index contributed by atoms with van der Waals surface area (Å²) in [6.07, 6.45) is 1.68. The summed E-state index contributed by atoms with van der Waals surface area (Å²) in [6, 6.07) is 0. The molecule has 0 aromatic carbocycles. The molecular weight excluding hydrogens is 182 g/mol. The highest BCUT2D eigenvalue weighted by atomic mass is 16.3. The zero-order valence-corrected chi connectivity index (χ0v) is 8.97. The van der Waals surface area contributed by atoms with Gasteiger partial charge in [0.2, 0.25) is 5.91 Å². The first kappa shape index (κ1) is 12.9. The van der Waals surface area contributed by atoms with Crippen LogP contribution in [0, 0.1) is 5.92 Å². The fourth-order valence-electron chi connectivity index (χ4n) is 0.941. The Hall–Kier alpha value is -1.10. The SMILES string of the molecule is C[C@H](C/C=N/N(C)C)[C@@H](O)CC(N)=O. The van der Waals surface area contributed by atoms with Crippen LogP contribution in [-0.4, -0.2) is 42.4 Å². The topological polar surface area (TPSA) is 78.9 Å². The number of aliphatic hydroxyl groups excluding tert-OH is 1. The van der Waals surface area contributed by atoms with Crippen LogP contribution in [0.15, 0.2) is 5.10 Å². The third-order valence-electron chi connectivity index (χ3n) is 1.86. The van der Waals surface area contributed by atoms with Gasteiger partial charge in [-0.25, -0.2) is 0 Å². The van der Waals surface area contributed by atoms with Crippen molar-refractivity contribution < 1.29 is 9.90 Å². The molecule has 0 aliphatic rings. The summed E-state index contributed by atoms with van der Waals surface area (Å²) in [5.41, 5.74) is 4.97. The standard InChI is InChI=1S/C9H19N3O2/c1-7(4-5-11-12(2)3)8(13)6-9(10)14/h5,7-8,13H,4,6H2,1-3H3,(H2,10,14)/b11-5+/t7-,8+/m1/s1. The third-order valence-corrected chi connectivity index (χ3v) is 1.86. The summed E-state index contributed by atoms with van der Waals surface area (Å²) in [5.74, 6) is -0.486. The number of hydrogen-bond acceptors (Lipinski definition) is 4. The predicted molar refractivity (Wildman–Crippen MR) is 55.8 cm³/mol. The Morgan fingerprint density at radius 3 is 2.64 bits per heavy atom. The average Bonchev–Trinajstić information content (AvgIpc) is 2.01. The van der Waals surface area contributed by atoms with Gasteiger partial charge in [0.25, 0.3) is 0 Å². The van der Waals surface area contributed by atoms with Crippen molar-refractivity contribution in [1.29, 1.82) is 0 Å². The van der Waals surface area contributed by atoms with Gasteiger partial charge in [-0.15, -0.1) is 0 Å². The smallest absolute Gasteiger partial charge is 0.220 e. The molecule has 5 nitrogen and oxygen atoms in total. The van der Waals surface area contributed by atoms with Crippen LogP contribution in [0.25, 0.3) is 0 Å². The Labute approximate surface area is 84.6 Å². The number of primary amides is 1. The van der Waals surface area contributed by atoms with Crippen molar-refractivity contribution >= 4 is 12.1 Å². The Morgan fingerprint density at radius 1 is 1.64 bits per heavy atom. The van der Waals surface area contributed by atoms with Crippen molar-refractivity contribution in [1.82, 2.24) is 5.01 Å². The highest BCUT2D eigenvalue weighted by molar-refractivity contribution is 5.74. The van der Waals surface area contributed by atoms with E-state index in [9.17, 15) is 9.90 Å². The molecule has 14 heavy (non-hydrogen) atoms. The van der Waals surface area contributed by atoms with Crippen molar-refractivity contribution in [3.05, 3.63) is 0 Å². The number of hydrogen-bond donors (Lipinski definition) is 2. The Balaban J connectivity index is 3.83. The second-order valence-electron chi connectivity index (χ2n) is 3.60. The van der Waals surface area contributed by atoms with E-state index in [2.05, 4.69) is 5.10 Å². The van der Waals surface area contributed by atoms with E-state index in [4.69, 9.17) is 5.73 Å². The van der Waals surface area contributed by atoms with E-state index in [1.54, 1.807) is 11.2 Å². The molecule has 0 bridgehead atoms. The van der Waals surface area contributed by atoms with Crippen LogP contribution in [0.3, 0.4) is 0 Å². The fourth-order valence-corrected chi connectivity index (χ4v) is 0.941. The van der Waals surface area contributed by atoms with E-state index < -0.39 is 12.0 Å². The first-order valence-electron chi connectivity index (χ1n) is 4.59. The fraction of sp³-hybridized carbons (Fsp3) is 0.778. The second-order valence-corrected chi connectivity index (χ2v) is 3.60. The summed E-state index contributed by atoms with van der Waals surface area (Å²) in [6.45, 7) is 1.86. The minimum Gasteiger partial charge on any atom is -0.392 e. The summed E-state index contributed by atoms with van der Waals surface area (Å²) in [7, 11) is 3.64. The molecule has 0 fully saturated rings. The molecule has 0 aliphatic heterocycles. The lowest BCUT2D eigenvalue weighted by atomic mass is 9.99. The summed E-state index contributed by atoms with van der Waals surface area (Å²) < 4.78 is 0. The van der Waals surface area contributed by atoms with Gasteiger partial charge in [0, 0.05) is 20.3 Å². The Bertz CT molecular complexity index is 204. The van der Waals surface area contributed by atoms with Crippen LogP contribution in [0.2, 0.25) is 0 Å². The molecule has 0 spiro atoms. The molecule has 2 atom stereocenters. The van der Waals surface area contributed by atoms with Crippen molar-refractivity contribution in [3.8, 4) is 0 Å². The van der Waals surface area contributed by atoms with Crippen LogP contribution in [0.4, 0.5) is 0 Å². The van der Waals surface area contributed by atoms with Crippen LogP contribution in [0.5, 0.6) is 0 Å². The van der Waals surface area contributed by atoms with Gasteiger partial charge in [-0.3, -0.25) is 4.79 Å². The number of nitrogens with two attached hydrogens (primary N) is 1. The maximum absolute atomic E-state index is 10.5. The van der Waals surface area contributed by atoms with E-state index in [-0.39, 0.29) is 12.3 Å². The summed E-state index contributed by atoms with van der Waals surface area (Å²) in [5, 5.41) is 15.2. The van der Waals surface area contributed by atoms with Gasteiger partial charge in [-0.05, 0) is 12.3 Å². The highest BCUT2D eigenvalue weighted by Crippen LogP contribution is 2.09. The lowest BCUT2D eigenvalue weighted by molar-refractivity contribution is -0.120. The van der Waals surface area contributed by atoms with Gasteiger partial charge in [0.15, 0.2) is 0 Å². The number of hydrazone groups is 1. The number of carbonyl (C=O) groups excluding carboxylic acids is 1. The van der Waals surface area contributed by atoms with E-state index in [0.717, 1.165) is 0 Å². The zero-order valence-electron chi connectivity index (χ0n) is 8.97. The molecule has 0 heterocycles. The lowest BCUT2D eigenvalue weighted by Crippen LogP contribution is -2.25. The van der Waals surface area contributed by atoms with Crippen LogP contribution < -0.4 is 5.73 Å². The molecule has 5 heteroatoms. The molecule has 0 aromatic rings. The molecule has 0 aromatic heterocycles. The number of carbonyl (C=O) groups is 1. The molecular formula is C9H19N3O2. The van der Waals surface area contributed by atoms with Crippen LogP contribution in [0.1, 0.15) is 19.8 Å². The van der Waals surface area contributed by atoms with Gasteiger partial charge in [0.1, 0.15) is 0 Å². The monoisotopic (exact) mass is 201 g/mol. The van der Waals surface area contributed by atoms with Crippen molar-refractivity contribution in [2.24, 2.45) is 16.8 Å². The molecule has 0 saturated carbocycles. The van der Waals surface area contributed by atoms with Gasteiger partial charge < -0.3 is 15.8 Å². The van der Waals surface area contributed by atoms with E-state index in [1.165, 1.54) is 0 Å². The molecule has 0 unspecified atom stereocenters. The van der Waals surface area contributed by atoms with Crippen molar-refractivity contribution in [3.63, 3.8) is 0 Å². The van der Waals surface area contributed by atoms with Gasteiger partial charge in [-0.1, -0.05) is 6.92 Å². The molecule has 3 N–H and O–H groups in total. The number of aliphatic hydroxyl groups is 1. The summed E-state index contributed by atoms with van der Waals surface area (Å²) >= 11 is 0. The quantitative estimate of drug-likeness (QED) is 0.461. The normalized spacial score (nSPS) is 15.4. The maximum Gasteiger partial charge on any atom is 0.220 e. The molecule has 0 saturated heterocycles. The minimum atomic E-state index is -0.680. The number of nitrogens with zero attached hydrogens (tertiary/aromatic N) is 2. The van der Waals surface area contributed by atoms with E-state index in [0.29, 0.717) is 6.42 Å². The molecule has 1 amide bonds. The number of rotatable bonds is 6. The average molecular weight is 201 g/mol. The molecule has 82 valence electrons. The van der Waals surface area contributed by atoms with Gasteiger partial charge >= 0.3 is 0 Å². The molecule has 0 rings (SSSR count). The van der Waals surface area contributed by atoms with Crippen molar-refractivity contribution in [2.45, 2.75) is 25.9 Å². The Kier molecular flexibility index (Phi) is 5.87. The van der Waals surface area contributed by atoms with Crippen LogP contribution in [-0.2, 0) is 4.79 Å². The van der Waals surface area contributed by atoms with Crippen LogP contribution >= 0.6 is 0 Å². The second kappa shape index (κ2) is 6.37. The summed E-state index contributed by atoms with van der Waals surface area (Å²) in [4.78, 5) is 10.5.